The molecule has 1 aliphatic rings. The molecule has 0 radical (unpaired) electrons. The second-order valence-electron chi connectivity index (χ2n) is 4.78. The third-order valence-electron chi connectivity index (χ3n) is 3.23. The van der Waals surface area contributed by atoms with E-state index in [9.17, 15) is 0 Å². The third kappa shape index (κ3) is 2.50. The summed E-state index contributed by atoms with van der Waals surface area (Å²) in [7, 11) is 0. The van der Waals surface area contributed by atoms with Gasteiger partial charge in [0.15, 0.2) is 5.65 Å². The zero-order chi connectivity index (χ0) is 13.2. The van der Waals surface area contributed by atoms with Crippen molar-refractivity contribution < 1.29 is 4.74 Å². The largest absolute Gasteiger partial charge is 0.370 e. The number of nitrogens with zero attached hydrogens (tertiary/aromatic N) is 4. The van der Waals surface area contributed by atoms with Crippen molar-refractivity contribution in [2.24, 2.45) is 5.73 Å². The lowest BCUT2D eigenvalue weighted by molar-refractivity contribution is -0.0106. The van der Waals surface area contributed by atoms with Crippen molar-refractivity contribution in [2.75, 3.05) is 24.5 Å². The lowest BCUT2D eigenvalue weighted by Gasteiger charge is -2.37. The Balaban J connectivity index is 1.90. The van der Waals surface area contributed by atoms with Crippen LogP contribution in [0.1, 0.15) is 6.92 Å². The number of aromatic nitrogens is 3. The fourth-order valence-electron chi connectivity index (χ4n) is 2.38. The molecule has 2 atom stereocenters. The van der Waals surface area contributed by atoms with Crippen molar-refractivity contribution in [2.45, 2.75) is 19.1 Å². The molecule has 0 spiro atoms. The van der Waals surface area contributed by atoms with Gasteiger partial charge in [0, 0.05) is 32.0 Å². The molecule has 2 unspecified atom stereocenters. The molecule has 1 saturated heterocycles. The van der Waals surface area contributed by atoms with Gasteiger partial charge in [-0.1, -0.05) is 0 Å². The zero-order valence-electron chi connectivity index (χ0n) is 10.9. The van der Waals surface area contributed by atoms with Crippen LogP contribution in [-0.2, 0) is 4.74 Å². The topological polar surface area (TPSA) is 77.2 Å². The molecular formula is C13H17N5O. The predicted molar refractivity (Wildman–Crippen MR) is 72.9 cm³/mol. The number of pyridine rings is 1. The second kappa shape index (κ2) is 5.07. The Morgan fingerprint density at radius 1 is 1.32 bits per heavy atom. The molecule has 0 bridgehead atoms. The van der Waals surface area contributed by atoms with Gasteiger partial charge in [0.25, 0.3) is 0 Å². The van der Waals surface area contributed by atoms with Crippen LogP contribution in [0.25, 0.3) is 11.2 Å². The fourth-order valence-corrected chi connectivity index (χ4v) is 2.38. The summed E-state index contributed by atoms with van der Waals surface area (Å²) < 4.78 is 5.75. The van der Waals surface area contributed by atoms with Gasteiger partial charge in [-0.05, 0) is 19.1 Å². The van der Waals surface area contributed by atoms with E-state index in [1.807, 2.05) is 12.1 Å². The quantitative estimate of drug-likeness (QED) is 0.850. The molecule has 6 nitrogen and oxygen atoms in total. The monoisotopic (exact) mass is 259 g/mol. The second-order valence-corrected chi connectivity index (χ2v) is 4.78. The highest BCUT2D eigenvalue weighted by atomic mass is 16.5. The van der Waals surface area contributed by atoms with Crippen LogP contribution < -0.4 is 10.6 Å². The normalized spacial score (nSPS) is 23.8. The van der Waals surface area contributed by atoms with Gasteiger partial charge >= 0.3 is 0 Å². The van der Waals surface area contributed by atoms with E-state index < -0.39 is 0 Å². The lowest BCUT2D eigenvalue weighted by atomic mass is 10.2. The van der Waals surface area contributed by atoms with E-state index in [-0.39, 0.29) is 12.2 Å². The Morgan fingerprint density at radius 2 is 2.16 bits per heavy atom. The standard InChI is InChI=1S/C13H17N5O/c1-9-7-18(8-10(6-14)19-9)12-3-2-11-13(17-12)16-5-4-15-11/h2-5,9-10H,6-8,14H2,1H3. The molecule has 3 rings (SSSR count). The summed E-state index contributed by atoms with van der Waals surface area (Å²) in [5, 5.41) is 0. The molecule has 1 fully saturated rings. The summed E-state index contributed by atoms with van der Waals surface area (Å²) in [5.74, 6) is 0.904. The number of rotatable bonds is 2. The minimum absolute atomic E-state index is 0.0584. The van der Waals surface area contributed by atoms with Gasteiger partial charge in [-0.15, -0.1) is 0 Å². The SMILES string of the molecule is CC1CN(c2ccc3nccnc3n2)CC(CN)O1. The molecule has 0 saturated carbocycles. The van der Waals surface area contributed by atoms with Crippen LogP contribution >= 0.6 is 0 Å². The minimum Gasteiger partial charge on any atom is -0.370 e. The molecule has 19 heavy (non-hydrogen) atoms. The zero-order valence-corrected chi connectivity index (χ0v) is 10.9. The van der Waals surface area contributed by atoms with Crippen molar-refractivity contribution >= 4 is 17.0 Å². The molecule has 1 aliphatic heterocycles. The highest BCUT2D eigenvalue weighted by Gasteiger charge is 2.25. The van der Waals surface area contributed by atoms with Crippen LogP contribution in [0.2, 0.25) is 0 Å². The van der Waals surface area contributed by atoms with Gasteiger partial charge in [0.2, 0.25) is 0 Å². The van der Waals surface area contributed by atoms with Crippen LogP contribution in [0.5, 0.6) is 0 Å². The summed E-state index contributed by atoms with van der Waals surface area (Å²) in [4.78, 5) is 15.2. The molecule has 0 aliphatic carbocycles. The van der Waals surface area contributed by atoms with Crippen LogP contribution in [0.3, 0.4) is 0 Å². The highest BCUT2D eigenvalue weighted by Crippen LogP contribution is 2.19. The van der Waals surface area contributed by atoms with Crippen molar-refractivity contribution in [3.05, 3.63) is 24.5 Å². The van der Waals surface area contributed by atoms with Crippen molar-refractivity contribution in [1.29, 1.82) is 0 Å². The number of morpholine rings is 1. The molecule has 6 heteroatoms. The summed E-state index contributed by atoms with van der Waals surface area (Å²) >= 11 is 0. The van der Waals surface area contributed by atoms with Gasteiger partial charge in [-0.25, -0.2) is 9.97 Å². The average molecular weight is 259 g/mol. The van der Waals surface area contributed by atoms with Crippen LogP contribution in [0.15, 0.2) is 24.5 Å². The Kier molecular flexibility index (Phi) is 3.27. The Morgan fingerprint density at radius 3 is 3.00 bits per heavy atom. The van der Waals surface area contributed by atoms with E-state index in [1.54, 1.807) is 12.4 Å². The summed E-state index contributed by atoms with van der Waals surface area (Å²) in [5.41, 5.74) is 7.18. The maximum atomic E-state index is 5.75. The maximum absolute atomic E-state index is 5.75. The number of hydrogen-bond donors (Lipinski definition) is 1. The number of fused-ring (bicyclic) bond motifs is 1. The van der Waals surface area contributed by atoms with E-state index >= 15 is 0 Å². The van der Waals surface area contributed by atoms with Crippen LogP contribution in [0, 0.1) is 0 Å². The third-order valence-corrected chi connectivity index (χ3v) is 3.23. The molecule has 2 aromatic heterocycles. The number of ether oxygens (including phenoxy) is 1. The predicted octanol–water partition coefficient (Wildman–Crippen LogP) is 0.577. The van der Waals surface area contributed by atoms with Crippen LogP contribution in [0.4, 0.5) is 5.82 Å². The molecule has 2 aromatic rings. The van der Waals surface area contributed by atoms with E-state index in [2.05, 4.69) is 26.8 Å². The Bertz CT molecular complexity index is 576. The van der Waals surface area contributed by atoms with E-state index in [1.165, 1.54) is 0 Å². The first-order valence-electron chi connectivity index (χ1n) is 6.44. The van der Waals surface area contributed by atoms with Crippen molar-refractivity contribution in [1.82, 2.24) is 15.0 Å². The van der Waals surface area contributed by atoms with Crippen LogP contribution in [-0.4, -0.2) is 46.8 Å². The highest BCUT2D eigenvalue weighted by molar-refractivity contribution is 5.71. The van der Waals surface area contributed by atoms with E-state index in [0.29, 0.717) is 12.2 Å². The van der Waals surface area contributed by atoms with Gasteiger partial charge in [-0.2, -0.15) is 0 Å². The van der Waals surface area contributed by atoms with Crippen molar-refractivity contribution in [3.8, 4) is 0 Å². The summed E-state index contributed by atoms with van der Waals surface area (Å²) in [6.45, 7) is 4.15. The molecule has 100 valence electrons. The molecule has 2 N–H and O–H groups in total. The van der Waals surface area contributed by atoms with Crippen molar-refractivity contribution in [3.63, 3.8) is 0 Å². The smallest absolute Gasteiger partial charge is 0.180 e. The maximum Gasteiger partial charge on any atom is 0.180 e. The van der Waals surface area contributed by atoms with Gasteiger partial charge in [0.05, 0.1) is 12.2 Å². The number of nitrogens with two attached hydrogens (primary N) is 1. The Labute approximate surface area is 111 Å². The first-order chi connectivity index (χ1) is 9.26. The Hall–Kier alpha value is -1.79. The number of hydrogen-bond acceptors (Lipinski definition) is 6. The summed E-state index contributed by atoms with van der Waals surface area (Å²) in [6.07, 6.45) is 3.54. The first-order valence-corrected chi connectivity index (χ1v) is 6.44. The van der Waals surface area contributed by atoms with E-state index in [0.717, 1.165) is 24.4 Å². The molecule has 0 aromatic carbocycles. The lowest BCUT2D eigenvalue weighted by Crippen LogP contribution is -2.49. The number of anilines is 1. The molecular weight excluding hydrogens is 242 g/mol. The first kappa shape index (κ1) is 12.3. The fraction of sp³-hybridized carbons (Fsp3) is 0.462. The van der Waals surface area contributed by atoms with Gasteiger partial charge < -0.3 is 15.4 Å². The minimum atomic E-state index is 0.0584. The van der Waals surface area contributed by atoms with Gasteiger partial charge in [0.1, 0.15) is 11.3 Å². The summed E-state index contributed by atoms with van der Waals surface area (Å²) in [6, 6.07) is 3.92. The molecule has 3 heterocycles. The molecule has 0 amide bonds. The van der Waals surface area contributed by atoms with E-state index in [4.69, 9.17) is 10.5 Å². The van der Waals surface area contributed by atoms with Gasteiger partial charge in [-0.3, -0.25) is 4.98 Å². The average Bonchev–Trinajstić information content (AvgIpc) is 2.46.